The molecular formula is C16H17NO. The number of hydrogen-bond donors (Lipinski definition) is 1. The first-order valence-electron chi connectivity index (χ1n) is 6.56. The Bertz CT molecular complexity index is 585. The van der Waals surface area contributed by atoms with Gasteiger partial charge in [-0.25, -0.2) is 0 Å². The van der Waals surface area contributed by atoms with Gasteiger partial charge in [0.15, 0.2) is 0 Å². The SMILES string of the molecule is CCC1NC(=O)CC1c1cccc2ccccc12. The summed E-state index contributed by atoms with van der Waals surface area (Å²) in [6.45, 7) is 2.13. The van der Waals surface area contributed by atoms with E-state index in [0.29, 0.717) is 12.3 Å². The molecule has 1 N–H and O–H groups in total. The average molecular weight is 239 g/mol. The quantitative estimate of drug-likeness (QED) is 0.856. The second-order valence-electron chi connectivity index (χ2n) is 4.96. The lowest BCUT2D eigenvalue weighted by Crippen LogP contribution is -2.27. The zero-order valence-electron chi connectivity index (χ0n) is 10.5. The van der Waals surface area contributed by atoms with Gasteiger partial charge in [0.25, 0.3) is 0 Å². The van der Waals surface area contributed by atoms with Gasteiger partial charge in [-0.05, 0) is 22.8 Å². The van der Waals surface area contributed by atoms with E-state index in [2.05, 4.69) is 54.7 Å². The van der Waals surface area contributed by atoms with Crippen LogP contribution < -0.4 is 5.32 Å². The van der Waals surface area contributed by atoms with E-state index in [9.17, 15) is 4.79 Å². The number of fused-ring (bicyclic) bond motifs is 1. The molecule has 1 heterocycles. The third-order valence-corrected chi connectivity index (χ3v) is 3.90. The Morgan fingerprint density at radius 1 is 1.17 bits per heavy atom. The maximum atomic E-state index is 11.6. The number of nitrogens with one attached hydrogen (secondary N) is 1. The molecule has 0 aromatic heterocycles. The minimum Gasteiger partial charge on any atom is -0.353 e. The largest absolute Gasteiger partial charge is 0.353 e. The number of carbonyl (C=O) groups excluding carboxylic acids is 1. The van der Waals surface area contributed by atoms with Crippen LogP contribution in [0.15, 0.2) is 42.5 Å². The normalized spacial score (nSPS) is 23.3. The van der Waals surface area contributed by atoms with Gasteiger partial charge in [0.05, 0.1) is 0 Å². The molecule has 2 heteroatoms. The van der Waals surface area contributed by atoms with Crippen molar-refractivity contribution in [3.63, 3.8) is 0 Å². The minimum atomic E-state index is 0.180. The van der Waals surface area contributed by atoms with Gasteiger partial charge in [0.2, 0.25) is 5.91 Å². The summed E-state index contributed by atoms with van der Waals surface area (Å²) in [5.41, 5.74) is 1.30. The highest BCUT2D eigenvalue weighted by atomic mass is 16.2. The lowest BCUT2D eigenvalue weighted by atomic mass is 9.87. The summed E-state index contributed by atoms with van der Waals surface area (Å²) in [6.07, 6.45) is 1.60. The average Bonchev–Trinajstić information content (AvgIpc) is 2.79. The van der Waals surface area contributed by atoms with Gasteiger partial charge in [-0.1, -0.05) is 49.4 Å². The lowest BCUT2D eigenvalue weighted by molar-refractivity contribution is -0.119. The molecule has 1 fully saturated rings. The monoisotopic (exact) mass is 239 g/mol. The van der Waals surface area contributed by atoms with Gasteiger partial charge in [-0.15, -0.1) is 0 Å². The Morgan fingerprint density at radius 2 is 1.94 bits per heavy atom. The van der Waals surface area contributed by atoms with Gasteiger partial charge >= 0.3 is 0 Å². The molecule has 1 amide bonds. The highest BCUT2D eigenvalue weighted by Gasteiger charge is 2.32. The van der Waals surface area contributed by atoms with E-state index in [0.717, 1.165) is 6.42 Å². The smallest absolute Gasteiger partial charge is 0.220 e. The summed E-state index contributed by atoms with van der Waals surface area (Å²) in [5.74, 6) is 0.494. The van der Waals surface area contributed by atoms with Crippen molar-refractivity contribution in [3.8, 4) is 0 Å². The number of rotatable bonds is 2. The fourth-order valence-electron chi connectivity index (χ4n) is 3.00. The standard InChI is InChI=1S/C16H17NO/c1-2-15-14(10-16(18)17-15)13-9-5-7-11-6-3-4-8-12(11)13/h3-9,14-15H,2,10H2,1H3,(H,17,18). The van der Waals surface area contributed by atoms with Crippen molar-refractivity contribution in [1.29, 1.82) is 0 Å². The number of amides is 1. The Hall–Kier alpha value is -1.83. The van der Waals surface area contributed by atoms with Crippen LogP contribution in [0.25, 0.3) is 10.8 Å². The van der Waals surface area contributed by atoms with E-state index in [1.54, 1.807) is 0 Å². The summed E-state index contributed by atoms with van der Waals surface area (Å²) in [5, 5.41) is 5.61. The topological polar surface area (TPSA) is 29.1 Å². The lowest BCUT2D eigenvalue weighted by Gasteiger charge is -2.19. The molecule has 0 radical (unpaired) electrons. The van der Waals surface area contributed by atoms with Gasteiger partial charge in [-0.2, -0.15) is 0 Å². The Morgan fingerprint density at radius 3 is 2.78 bits per heavy atom. The van der Waals surface area contributed by atoms with Crippen LogP contribution >= 0.6 is 0 Å². The third kappa shape index (κ3) is 1.78. The second-order valence-corrected chi connectivity index (χ2v) is 4.96. The molecule has 2 atom stereocenters. The van der Waals surface area contributed by atoms with Crippen LogP contribution in [0, 0.1) is 0 Å². The fourth-order valence-corrected chi connectivity index (χ4v) is 3.00. The molecular weight excluding hydrogens is 222 g/mol. The van der Waals surface area contributed by atoms with Crippen molar-refractivity contribution in [1.82, 2.24) is 5.32 Å². The van der Waals surface area contributed by atoms with Crippen molar-refractivity contribution in [2.24, 2.45) is 0 Å². The van der Waals surface area contributed by atoms with Crippen molar-refractivity contribution >= 4 is 16.7 Å². The summed E-state index contributed by atoms with van der Waals surface area (Å²) in [4.78, 5) is 11.6. The Labute approximate surface area is 107 Å². The van der Waals surface area contributed by atoms with Gasteiger partial charge < -0.3 is 5.32 Å². The van der Waals surface area contributed by atoms with E-state index >= 15 is 0 Å². The first kappa shape index (κ1) is 11.3. The molecule has 18 heavy (non-hydrogen) atoms. The van der Waals surface area contributed by atoms with E-state index in [1.807, 2.05) is 0 Å². The van der Waals surface area contributed by atoms with Crippen LogP contribution in [0.5, 0.6) is 0 Å². The first-order chi connectivity index (χ1) is 8.79. The number of benzene rings is 2. The van der Waals surface area contributed by atoms with E-state index in [1.165, 1.54) is 16.3 Å². The predicted molar refractivity (Wildman–Crippen MR) is 73.5 cm³/mol. The molecule has 0 spiro atoms. The van der Waals surface area contributed by atoms with E-state index in [-0.39, 0.29) is 11.9 Å². The van der Waals surface area contributed by atoms with Crippen LogP contribution in [0.1, 0.15) is 31.2 Å². The molecule has 3 rings (SSSR count). The zero-order chi connectivity index (χ0) is 12.5. The van der Waals surface area contributed by atoms with Crippen LogP contribution in [0.2, 0.25) is 0 Å². The van der Waals surface area contributed by atoms with Crippen molar-refractivity contribution < 1.29 is 4.79 Å². The van der Waals surface area contributed by atoms with Crippen LogP contribution in [0.3, 0.4) is 0 Å². The fraction of sp³-hybridized carbons (Fsp3) is 0.312. The molecule has 1 aliphatic heterocycles. The number of hydrogen-bond acceptors (Lipinski definition) is 1. The third-order valence-electron chi connectivity index (χ3n) is 3.90. The highest BCUT2D eigenvalue weighted by Crippen LogP contribution is 2.34. The Balaban J connectivity index is 2.11. The minimum absolute atomic E-state index is 0.180. The molecule has 0 bridgehead atoms. The maximum Gasteiger partial charge on any atom is 0.220 e. The second kappa shape index (κ2) is 4.45. The first-order valence-corrected chi connectivity index (χ1v) is 6.56. The molecule has 0 aliphatic carbocycles. The molecule has 2 aromatic rings. The van der Waals surface area contributed by atoms with Crippen molar-refractivity contribution in [3.05, 3.63) is 48.0 Å². The van der Waals surface area contributed by atoms with Gasteiger partial charge in [0, 0.05) is 18.4 Å². The number of carbonyl (C=O) groups is 1. The van der Waals surface area contributed by atoms with Crippen molar-refractivity contribution in [2.45, 2.75) is 31.7 Å². The van der Waals surface area contributed by atoms with Crippen LogP contribution in [-0.2, 0) is 4.79 Å². The summed E-state index contributed by atoms with van der Waals surface area (Å²) >= 11 is 0. The van der Waals surface area contributed by atoms with Crippen molar-refractivity contribution in [2.75, 3.05) is 0 Å². The maximum absolute atomic E-state index is 11.6. The molecule has 92 valence electrons. The molecule has 2 nitrogen and oxygen atoms in total. The molecule has 1 saturated heterocycles. The van der Waals surface area contributed by atoms with E-state index < -0.39 is 0 Å². The zero-order valence-corrected chi connectivity index (χ0v) is 10.5. The summed E-state index contributed by atoms with van der Waals surface area (Å²) in [6, 6.07) is 15.1. The van der Waals surface area contributed by atoms with Gasteiger partial charge in [0.1, 0.15) is 0 Å². The molecule has 1 aliphatic rings. The van der Waals surface area contributed by atoms with Crippen LogP contribution in [0.4, 0.5) is 0 Å². The van der Waals surface area contributed by atoms with Gasteiger partial charge in [-0.3, -0.25) is 4.79 Å². The predicted octanol–water partition coefficient (Wildman–Crippen LogP) is 3.22. The summed E-state index contributed by atoms with van der Waals surface area (Å²) in [7, 11) is 0. The summed E-state index contributed by atoms with van der Waals surface area (Å²) < 4.78 is 0. The highest BCUT2D eigenvalue weighted by molar-refractivity contribution is 5.88. The molecule has 2 aromatic carbocycles. The van der Waals surface area contributed by atoms with E-state index in [4.69, 9.17) is 0 Å². The molecule has 0 saturated carbocycles. The van der Waals surface area contributed by atoms with Crippen LogP contribution in [-0.4, -0.2) is 11.9 Å². The molecule has 2 unspecified atom stereocenters. The Kier molecular flexibility index (Phi) is 2.78.